The number of halogens is 1. The fourth-order valence-corrected chi connectivity index (χ4v) is 1.93. The van der Waals surface area contributed by atoms with E-state index in [0.29, 0.717) is 6.54 Å². The summed E-state index contributed by atoms with van der Waals surface area (Å²) in [6.45, 7) is 3.53. The molecule has 5 heteroatoms. The van der Waals surface area contributed by atoms with Crippen molar-refractivity contribution in [2.75, 3.05) is 5.32 Å². The first-order valence-corrected chi connectivity index (χ1v) is 5.60. The topological polar surface area (TPSA) is 29.9 Å². The number of nitrogens with zero attached hydrogens (tertiary/aromatic N) is 2. The van der Waals surface area contributed by atoms with E-state index in [0.717, 1.165) is 28.4 Å². The van der Waals surface area contributed by atoms with E-state index >= 15 is 0 Å². The maximum atomic E-state index is 12.7. The van der Waals surface area contributed by atoms with Gasteiger partial charge in [-0.3, -0.25) is 4.68 Å². The van der Waals surface area contributed by atoms with Gasteiger partial charge in [-0.2, -0.15) is 9.49 Å². The number of anilines is 1. The molecular formula is C10H12FN3S. The van der Waals surface area contributed by atoms with Gasteiger partial charge in [0.2, 0.25) is 0 Å². The average molecular weight is 225 g/mol. The molecule has 0 aliphatic rings. The molecule has 0 aromatic carbocycles. The second-order valence-corrected chi connectivity index (χ2v) is 4.26. The third-order valence-electron chi connectivity index (χ3n) is 2.05. The van der Waals surface area contributed by atoms with Crippen LogP contribution < -0.4 is 5.32 Å². The summed E-state index contributed by atoms with van der Waals surface area (Å²) >= 11 is 1.16. The largest absolute Gasteiger partial charge is 0.378 e. The number of thiophene rings is 1. The van der Waals surface area contributed by atoms with Gasteiger partial charge in [0.25, 0.3) is 0 Å². The second kappa shape index (κ2) is 4.44. The third-order valence-corrected chi connectivity index (χ3v) is 2.93. The Morgan fingerprint density at radius 2 is 2.40 bits per heavy atom. The maximum absolute atomic E-state index is 12.7. The van der Waals surface area contributed by atoms with Crippen LogP contribution in [0.2, 0.25) is 0 Å². The molecule has 2 aromatic heterocycles. The molecule has 3 nitrogen and oxygen atoms in total. The molecule has 0 aliphatic carbocycles. The zero-order valence-electron chi connectivity index (χ0n) is 8.40. The molecule has 0 unspecified atom stereocenters. The van der Waals surface area contributed by atoms with Gasteiger partial charge < -0.3 is 5.32 Å². The average Bonchev–Trinajstić information content (AvgIpc) is 2.83. The molecule has 0 atom stereocenters. The van der Waals surface area contributed by atoms with E-state index in [1.54, 1.807) is 12.3 Å². The molecule has 2 aromatic rings. The van der Waals surface area contributed by atoms with Crippen LogP contribution in [0.4, 0.5) is 10.1 Å². The van der Waals surface area contributed by atoms with Crippen molar-refractivity contribution in [2.45, 2.75) is 20.0 Å². The van der Waals surface area contributed by atoms with Crippen LogP contribution in [0.15, 0.2) is 24.5 Å². The normalized spacial score (nSPS) is 10.5. The fourth-order valence-electron chi connectivity index (χ4n) is 1.26. The molecule has 0 fully saturated rings. The first-order valence-electron chi connectivity index (χ1n) is 4.78. The molecule has 80 valence electrons. The van der Waals surface area contributed by atoms with Crippen molar-refractivity contribution in [3.63, 3.8) is 0 Å². The van der Waals surface area contributed by atoms with E-state index in [2.05, 4.69) is 10.4 Å². The minimum Gasteiger partial charge on any atom is -0.378 e. The minimum absolute atomic E-state index is 0.143. The summed E-state index contributed by atoms with van der Waals surface area (Å²) in [5.41, 5.74) is 0.964. The second-order valence-electron chi connectivity index (χ2n) is 3.14. The van der Waals surface area contributed by atoms with Crippen LogP contribution in [-0.2, 0) is 13.1 Å². The molecule has 0 bridgehead atoms. The molecule has 0 saturated carbocycles. The standard InChI is InChI=1S/C10H12FN3S/c1-2-14-7-8(5-13-14)12-6-9-3-4-10(11)15-9/h3-5,7,12H,2,6H2,1H3. The number of aromatic nitrogens is 2. The monoisotopic (exact) mass is 225 g/mol. The first kappa shape index (κ1) is 10.2. The Morgan fingerprint density at radius 3 is 3.00 bits per heavy atom. The predicted molar refractivity (Wildman–Crippen MR) is 59.5 cm³/mol. The molecule has 0 aliphatic heterocycles. The van der Waals surface area contributed by atoms with Crippen LogP contribution in [0, 0.1) is 5.13 Å². The smallest absolute Gasteiger partial charge is 0.176 e. The zero-order valence-corrected chi connectivity index (χ0v) is 9.22. The Balaban J connectivity index is 1.93. The lowest BCUT2D eigenvalue weighted by Gasteiger charge is -1.99. The van der Waals surface area contributed by atoms with Crippen molar-refractivity contribution in [3.05, 3.63) is 34.5 Å². The lowest BCUT2D eigenvalue weighted by molar-refractivity contribution is 0.657. The van der Waals surface area contributed by atoms with Crippen LogP contribution in [0.25, 0.3) is 0 Å². The zero-order chi connectivity index (χ0) is 10.7. The Hall–Kier alpha value is -1.36. The number of hydrogen-bond acceptors (Lipinski definition) is 3. The van der Waals surface area contributed by atoms with Crippen LogP contribution >= 0.6 is 11.3 Å². The van der Waals surface area contributed by atoms with E-state index in [9.17, 15) is 4.39 Å². The molecule has 0 saturated heterocycles. The Morgan fingerprint density at radius 1 is 1.53 bits per heavy atom. The van der Waals surface area contributed by atoms with E-state index in [4.69, 9.17) is 0 Å². The first-order chi connectivity index (χ1) is 7.28. The van der Waals surface area contributed by atoms with E-state index < -0.39 is 0 Å². The molecule has 2 heterocycles. The van der Waals surface area contributed by atoms with Crippen LogP contribution in [0.5, 0.6) is 0 Å². The minimum atomic E-state index is -0.143. The van der Waals surface area contributed by atoms with Crippen molar-refractivity contribution >= 4 is 17.0 Å². The van der Waals surface area contributed by atoms with E-state index in [1.807, 2.05) is 17.8 Å². The Kier molecular flexibility index (Phi) is 3.01. The van der Waals surface area contributed by atoms with Gasteiger partial charge in [-0.05, 0) is 19.1 Å². The highest BCUT2D eigenvalue weighted by molar-refractivity contribution is 7.10. The summed E-state index contributed by atoms with van der Waals surface area (Å²) in [5.74, 6) is 0. The summed E-state index contributed by atoms with van der Waals surface area (Å²) < 4.78 is 14.5. The summed E-state index contributed by atoms with van der Waals surface area (Å²) in [7, 11) is 0. The number of rotatable bonds is 4. The van der Waals surface area contributed by atoms with Crippen molar-refractivity contribution in [1.29, 1.82) is 0 Å². The number of aryl methyl sites for hydroxylation is 1. The summed E-state index contributed by atoms with van der Waals surface area (Å²) in [6.07, 6.45) is 3.71. The highest BCUT2D eigenvalue weighted by Crippen LogP contribution is 2.16. The number of nitrogens with one attached hydrogen (secondary N) is 1. The van der Waals surface area contributed by atoms with Crippen molar-refractivity contribution in [1.82, 2.24) is 9.78 Å². The van der Waals surface area contributed by atoms with Crippen LogP contribution in [0.3, 0.4) is 0 Å². The highest BCUT2D eigenvalue weighted by atomic mass is 32.1. The van der Waals surface area contributed by atoms with Crippen molar-refractivity contribution < 1.29 is 4.39 Å². The van der Waals surface area contributed by atoms with Crippen molar-refractivity contribution in [3.8, 4) is 0 Å². The molecule has 1 N–H and O–H groups in total. The van der Waals surface area contributed by atoms with Crippen LogP contribution in [-0.4, -0.2) is 9.78 Å². The van der Waals surface area contributed by atoms with Gasteiger partial charge in [0.05, 0.1) is 11.9 Å². The molecule has 2 rings (SSSR count). The maximum Gasteiger partial charge on any atom is 0.176 e. The summed E-state index contributed by atoms with van der Waals surface area (Å²) in [6, 6.07) is 3.27. The van der Waals surface area contributed by atoms with Gasteiger partial charge in [-0.1, -0.05) is 0 Å². The van der Waals surface area contributed by atoms with Crippen molar-refractivity contribution in [2.24, 2.45) is 0 Å². The number of hydrogen-bond donors (Lipinski definition) is 1. The quantitative estimate of drug-likeness (QED) is 0.867. The van der Waals surface area contributed by atoms with Gasteiger partial charge in [0.15, 0.2) is 5.13 Å². The Bertz CT molecular complexity index is 435. The fraction of sp³-hybridized carbons (Fsp3) is 0.300. The van der Waals surface area contributed by atoms with Gasteiger partial charge >= 0.3 is 0 Å². The molecule has 0 spiro atoms. The van der Waals surface area contributed by atoms with Crippen LogP contribution in [0.1, 0.15) is 11.8 Å². The lowest BCUT2D eigenvalue weighted by Crippen LogP contribution is -1.96. The highest BCUT2D eigenvalue weighted by Gasteiger charge is 2.00. The molecule has 0 amide bonds. The molecular weight excluding hydrogens is 213 g/mol. The van der Waals surface area contributed by atoms with E-state index in [-0.39, 0.29) is 5.13 Å². The molecule has 15 heavy (non-hydrogen) atoms. The Labute approximate surface area is 91.5 Å². The predicted octanol–water partition coefficient (Wildman–Crippen LogP) is 2.72. The van der Waals surface area contributed by atoms with Gasteiger partial charge in [-0.15, -0.1) is 11.3 Å². The van der Waals surface area contributed by atoms with E-state index in [1.165, 1.54) is 6.07 Å². The molecule has 0 radical (unpaired) electrons. The van der Waals surface area contributed by atoms with Gasteiger partial charge in [0.1, 0.15) is 0 Å². The summed E-state index contributed by atoms with van der Waals surface area (Å²) in [5, 5.41) is 7.18. The lowest BCUT2D eigenvalue weighted by atomic mass is 10.4. The van der Waals surface area contributed by atoms with Gasteiger partial charge in [-0.25, -0.2) is 0 Å². The SMILES string of the molecule is CCn1cc(NCc2ccc(F)s2)cn1. The van der Waals surface area contributed by atoms with Gasteiger partial charge in [0, 0.05) is 24.2 Å². The third kappa shape index (κ3) is 2.56. The summed E-state index contributed by atoms with van der Waals surface area (Å²) in [4.78, 5) is 0.983.